The molecule has 0 spiro atoms. The maximum atomic E-state index is 12.1. The van der Waals surface area contributed by atoms with Gasteiger partial charge in [0.15, 0.2) is 0 Å². The molecule has 0 aliphatic heterocycles. The molecule has 0 aliphatic rings. The molecule has 7 nitrogen and oxygen atoms in total. The van der Waals surface area contributed by atoms with Gasteiger partial charge in [-0.3, -0.25) is 4.31 Å². The van der Waals surface area contributed by atoms with Crippen molar-refractivity contribution in [1.82, 2.24) is 5.32 Å². The Labute approximate surface area is 158 Å². The van der Waals surface area contributed by atoms with E-state index < -0.39 is 16.1 Å². The van der Waals surface area contributed by atoms with Crippen LogP contribution < -0.4 is 19.7 Å². The van der Waals surface area contributed by atoms with Crippen LogP contribution in [0.15, 0.2) is 48.5 Å². The van der Waals surface area contributed by atoms with Gasteiger partial charge in [0, 0.05) is 12.2 Å². The summed E-state index contributed by atoms with van der Waals surface area (Å²) in [5.74, 6) is 0.448. The molecule has 2 aromatic rings. The van der Waals surface area contributed by atoms with Crippen molar-refractivity contribution in [1.29, 1.82) is 0 Å². The summed E-state index contributed by atoms with van der Waals surface area (Å²) in [5.41, 5.74) is 1.04. The third-order valence-electron chi connectivity index (χ3n) is 3.46. The lowest BCUT2D eigenvalue weighted by molar-refractivity contribution is 0.252. The summed E-state index contributed by atoms with van der Waals surface area (Å²) in [4.78, 5) is 11.9. The van der Waals surface area contributed by atoms with Gasteiger partial charge in [-0.1, -0.05) is 29.8 Å². The van der Waals surface area contributed by atoms with Gasteiger partial charge in [-0.2, -0.15) is 0 Å². The van der Waals surface area contributed by atoms with E-state index >= 15 is 0 Å². The van der Waals surface area contributed by atoms with Crippen LogP contribution in [0.5, 0.6) is 5.75 Å². The molecule has 2 N–H and O–H groups in total. The Morgan fingerprint density at radius 3 is 2.46 bits per heavy atom. The molecule has 9 heteroatoms. The zero-order chi connectivity index (χ0) is 19.2. The second kappa shape index (κ2) is 8.77. The average Bonchev–Trinajstić information content (AvgIpc) is 2.58. The smallest absolute Gasteiger partial charge is 0.319 e. The second-order valence-electron chi connectivity index (χ2n) is 5.40. The van der Waals surface area contributed by atoms with Gasteiger partial charge < -0.3 is 15.4 Å². The number of methoxy groups -OCH3 is 1. The number of rotatable bonds is 7. The first-order chi connectivity index (χ1) is 12.3. The van der Waals surface area contributed by atoms with Crippen LogP contribution in [0.3, 0.4) is 0 Å². The number of nitrogens with zero attached hydrogens (tertiary/aromatic N) is 1. The number of benzene rings is 2. The molecule has 2 rings (SSSR count). The van der Waals surface area contributed by atoms with E-state index in [9.17, 15) is 13.2 Å². The lowest BCUT2D eigenvalue weighted by atomic mass is 10.3. The highest BCUT2D eigenvalue weighted by molar-refractivity contribution is 7.92. The molecule has 0 fully saturated rings. The highest BCUT2D eigenvalue weighted by Crippen LogP contribution is 2.29. The highest BCUT2D eigenvalue weighted by Gasteiger charge is 2.18. The van der Waals surface area contributed by atoms with Crippen molar-refractivity contribution in [3.63, 3.8) is 0 Å². The molecule has 0 atom stereocenters. The predicted octanol–water partition coefficient (Wildman–Crippen LogP) is 2.94. The standard InChI is InChI=1S/C17H20ClN3O4S/c1-25-16-9-8-14(12-15(16)18)21(26(2,23)24)11-10-19-17(22)20-13-6-4-3-5-7-13/h3-9,12H,10-11H2,1-2H3,(H2,19,20,22). The summed E-state index contributed by atoms with van der Waals surface area (Å²) < 4.78 is 30.4. The van der Waals surface area contributed by atoms with Gasteiger partial charge in [-0.05, 0) is 30.3 Å². The number of ether oxygens (including phenoxy) is 1. The number of hydrogen-bond donors (Lipinski definition) is 2. The maximum Gasteiger partial charge on any atom is 0.319 e. The van der Waals surface area contributed by atoms with Crippen LogP contribution in [0.1, 0.15) is 0 Å². The van der Waals surface area contributed by atoms with Crippen LogP contribution >= 0.6 is 11.6 Å². The van der Waals surface area contributed by atoms with Gasteiger partial charge in [0.2, 0.25) is 10.0 Å². The number of nitrogens with one attached hydrogen (secondary N) is 2. The van der Waals surface area contributed by atoms with E-state index in [0.29, 0.717) is 22.1 Å². The van der Waals surface area contributed by atoms with Crippen molar-refractivity contribution < 1.29 is 17.9 Å². The monoisotopic (exact) mass is 397 g/mol. The van der Waals surface area contributed by atoms with Crippen LogP contribution in [-0.4, -0.2) is 40.9 Å². The molecule has 0 aromatic heterocycles. The van der Waals surface area contributed by atoms with E-state index in [0.717, 1.165) is 6.26 Å². The average molecular weight is 398 g/mol. The van der Waals surface area contributed by atoms with Crippen LogP contribution in [0.2, 0.25) is 5.02 Å². The number of carbonyl (C=O) groups is 1. The van der Waals surface area contributed by atoms with Crippen molar-refractivity contribution in [2.75, 3.05) is 36.1 Å². The topological polar surface area (TPSA) is 87.7 Å². The van der Waals surface area contributed by atoms with Crippen molar-refractivity contribution in [2.24, 2.45) is 0 Å². The lowest BCUT2D eigenvalue weighted by Gasteiger charge is -2.23. The summed E-state index contributed by atoms with van der Waals surface area (Å²) in [6.45, 7) is 0.180. The quantitative estimate of drug-likeness (QED) is 0.751. The van der Waals surface area contributed by atoms with Gasteiger partial charge >= 0.3 is 6.03 Å². The first-order valence-corrected chi connectivity index (χ1v) is 9.95. The highest BCUT2D eigenvalue weighted by atomic mass is 35.5. The number of anilines is 2. The van der Waals surface area contributed by atoms with Gasteiger partial charge in [0.05, 0.1) is 30.6 Å². The normalized spacial score (nSPS) is 10.9. The zero-order valence-electron chi connectivity index (χ0n) is 14.4. The van der Waals surface area contributed by atoms with Gasteiger partial charge in [-0.25, -0.2) is 13.2 Å². The largest absolute Gasteiger partial charge is 0.495 e. The Balaban J connectivity index is 2.01. The van der Waals surface area contributed by atoms with Gasteiger partial charge in [0.25, 0.3) is 0 Å². The third-order valence-corrected chi connectivity index (χ3v) is 4.95. The molecule has 0 heterocycles. The number of amides is 2. The Morgan fingerprint density at radius 2 is 1.88 bits per heavy atom. The molecular formula is C17H20ClN3O4S. The van der Waals surface area contributed by atoms with E-state index in [2.05, 4.69) is 10.6 Å². The van der Waals surface area contributed by atoms with Crippen LogP contribution in [0.25, 0.3) is 0 Å². The minimum absolute atomic E-state index is 0.0592. The summed E-state index contributed by atoms with van der Waals surface area (Å²) in [6.07, 6.45) is 1.09. The fraction of sp³-hybridized carbons (Fsp3) is 0.235. The molecule has 0 radical (unpaired) electrons. The maximum absolute atomic E-state index is 12.1. The summed E-state index contributed by atoms with van der Waals surface area (Å²) in [5, 5.41) is 5.59. The van der Waals surface area contributed by atoms with Crippen LogP contribution in [0.4, 0.5) is 16.2 Å². The van der Waals surface area contributed by atoms with E-state index in [1.807, 2.05) is 6.07 Å². The third kappa shape index (κ3) is 5.53. The number of urea groups is 1. The zero-order valence-corrected chi connectivity index (χ0v) is 16.0. The molecule has 0 saturated carbocycles. The Kier molecular flexibility index (Phi) is 6.70. The van der Waals surface area contributed by atoms with Gasteiger partial charge in [0.1, 0.15) is 5.75 Å². The SMILES string of the molecule is COc1ccc(N(CCNC(=O)Nc2ccccc2)S(C)(=O)=O)cc1Cl. The Morgan fingerprint density at radius 1 is 1.19 bits per heavy atom. The van der Waals surface area contributed by atoms with E-state index in [4.69, 9.17) is 16.3 Å². The first-order valence-electron chi connectivity index (χ1n) is 7.72. The van der Waals surface area contributed by atoms with Crippen LogP contribution in [0, 0.1) is 0 Å². The number of hydrogen-bond acceptors (Lipinski definition) is 4. The number of para-hydroxylation sites is 1. The van der Waals surface area contributed by atoms with E-state index in [-0.39, 0.29) is 13.1 Å². The van der Waals surface area contributed by atoms with Crippen molar-refractivity contribution in [2.45, 2.75) is 0 Å². The summed E-state index contributed by atoms with van der Waals surface area (Å²) in [7, 11) is -2.07. The molecule has 2 amide bonds. The fourth-order valence-electron chi connectivity index (χ4n) is 2.26. The minimum Gasteiger partial charge on any atom is -0.495 e. The molecule has 0 bridgehead atoms. The molecule has 140 valence electrons. The molecule has 2 aromatic carbocycles. The molecule has 0 unspecified atom stereocenters. The van der Waals surface area contributed by atoms with Crippen molar-refractivity contribution in [3.05, 3.63) is 53.6 Å². The predicted molar refractivity (Wildman–Crippen MR) is 104 cm³/mol. The summed E-state index contributed by atoms with van der Waals surface area (Å²) >= 11 is 6.07. The van der Waals surface area contributed by atoms with Gasteiger partial charge in [-0.15, -0.1) is 0 Å². The Bertz CT molecular complexity index is 860. The number of carbonyl (C=O) groups excluding carboxylic acids is 1. The van der Waals surface area contributed by atoms with Crippen LogP contribution in [-0.2, 0) is 10.0 Å². The minimum atomic E-state index is -3.55. The second-order valence-corrected chi connectivity index (χ2v) is 7.71. The molecule has 0 aliphatic carbocycles. The number of halogens is 1. The summed E-state index contributed by atoms with van der Waals surface area (Å²) in [6, 6.07) is 13.2. The molecule has 0 saturated heterocycles. The van der Waals surface area contributed by atoms with Crippen molar-refractivity contribution in [3.8, 4) is 5.75 Å². The Hall–Kier alpha value is -2.45. The molecule has 26 heavy (non-hydrogen) atoms. The van der Waals surface area contributed by atoms with Crippen molar-refractivity contribution >= 4 is 39.0 Å². The van der Waals surface area contributed by atoms with E-state index in [1.165, 1.54) is 17.5 Å². The first kappa shape index (κ1) is 19.9. The fourth-order valence-corrected chi connectivity index (χ4v) is 3.44. The van der Waals surface area contributed by atoms with E-state index in [1.54, 1.807) is 36.4 Å². The number of sulfonamides is 1. The lowest BCUT2D eigenvalue weighted by Crippen LogP contribution is -2.39. The molecular weight excluding hydrogens is 378 g/mol.